The molecule has 0 radical (unpaired) electrons. The van der Waals surface area contributed by atoms with E-state index < -0.39 is 5.97 Å². The van der Waals surface area contributed by atoms with Crippen molar-refractivity contribution in [1.29, 1.82) is 0 Å². The smallest absolute Gasteiger partial charge is 0.338 e. The molecule has 4 nitrogen and oxygen atoms in total. The molecule has 1 aliphatic carbocycles. The number of carbonyl (C=O) groups is 2. The van der Waals surface area contributed by atoms with E-state index in [0.717, 1.165) is 27.2 Å². The van der Waals surface area contributed by atoms with Crippen molar-refractivity contribution in [3.63, 3.8) is 0 Å². The number of ketones is 1. The van der Waals surface area contributed by atoms with Gasteiger partial charge < -0.3 is 10.1 Å². The number of benzene rings is 3. The minimum Gasteiger partial charge on any atom is -0.454 e. The molecule has 0 amide bonds. The van der Waals surface area contributed by atoms with Crippen LogP contribution in [-0.2, 0) is 4.74 Å². The summed E-state index contributed by atoms with van der Waals surface area (Å²) in [5.41, 5.74) is 4.23. The first-order valence-corrected chi connectivity index (χ1v) is 12.0. The standard InChI is InChI=1S/C27H21BrClNO3/c28-19-9-4-16(5-10-19)25(31)15-33-27(32)18-8-13-24-23(14-18)21-2-1-3-22(21)26(30-24)17-6-11-20(29)12-7-17/h1-2,4-14,21-22,26,30H,3,15H2/t21-,22-,26+/m0/s1. The third kappa shape index (κ3) is 4.48. The predicted molar refractivity (Wildman–Crippen MR) is 133 cm³/mol. The van der Waals surface area contributed by atoms with Crippen LogP contribution in [0.25, 0.3) is 0 Å². The Balaban J connectivity index is 1.33. The van der Waals surface area contributed by atoms with E-state index in [2.05, 4.69) is 45.5 Å². The molecule has 0 bridgehead atoms. The lowest BCUT2D eigenvalue weighted by atomic mass is 9.76. The SMILES string of the molecule is O=C(COC(=O)c1ccc2c(c1)[C@H]1C=CC[C@@H]1[C@@H](c1ccc(Cl)cc1)N2)c1ccc(Br)cc1. The Morgan fingerprint density at radius 1 is 1.00 bits per heavy atom. The van der Waals surface area contributed by atoms with Gasteiger partial charge in [0.05, 0.1) is 11.6 Å². The van der Waals surface area contributed by atoms with Crippen LogP contribution >= 0.6 is 27.5 Å². The zero-order valence-electron chi connectivity index (χ0n) is 17.6. The maximum atomic E-state index is 12.7. The van der Waals surface area contributed by atoms with Gasteiger partial charge in [0.25, 0.3) is 0 Å². The summed E-state index contributed by atoms with van der Waals surface area (Å²) in [6.07, 6.45) is 5.39. The first kappa shape index (κ1) is 21.9. The van der Waals surface area contributed by atoms with E-state index >= 15 is 0 Å². The van der Waals surface area contributed by atoms with Gasteiger partial charge in [0.2, 0.25) is 0 Å². The number of fused-ring (bicyclic) bond motifs is 3. The van der Waals surface area contributed by atoms with Crippen molar-refractivity contribution < 1.29 is 14.3 Å². The first-order chi connectivity index (χ1) is 16.0. The second-order valence-electron chi connectivity index (χ2n) is 8.34. The Hall–Kier alpha value is -2.89. The van der Waals surface area contributed by atoms with Crippen molar-refractivity contribution in [2.45, 2.75) is 18.4 Å². The summed E-state index contributed by atoms with van der Waals surface area (Å²) >= 11 is 9.42. The number of allylic oxidation sites excluding steroid dienone is 2. The second-order valence-corrected chi connectivity index (χ2v) is 9.69. The number of hydrogen-bond donors (Lipinski definition) is 1. The van der Waals surface area contributed by atoms with Gasteiger partial charge in [-0.15, -0.1) is 0 Å². The van der Waals surface area contributed by atoms with Crippen molar-refractivity contribution in [3.8, 4) is 0 Å². The fourth-order valence-electron chi connectivity index (χ4n) is 4.66. The molecule has 0 unspecified atom stereocenters. The molecule has 0 saturated carbocycles. The number of rotatable bonds is 5. The van der Waals surface area contributed by atoms with Crippen LogP contribution in [0.5, 0.6) is 0 Å². The van der Waals surface area contributed by atoms with E-state index in [-0.39, 0.29) is 24.3 Å². The average Bonchev–Trinajstić information content (AvgIpc) is 3.33. The molecule has 166 valence electrons. The maximum absolute atomic E-state index is 12.7. The summed E-state index contributed by atoms with van der Waals surface area (Å²) in [7, 11) is 0. The van der Waals surface area contributed by atoms with Crippen LogP contribution in [-0.4, -0.2) is 18.4 Å². The molecule has 1 N–H and O–H groups in total. The number of nitrogens with one attached hydrogen (secondary N) is 1. The molecule has 3 aromatic carbocycles. The van der Waals surface area contributed by atoms with Gasteiger partial charge in [0.15, 0.2) is 12.4 Å². The summed E-state index contributed by atoms with van der Waals surface area (Å²) in [6.45, 7) is -0.291. The lowest BCUT2D eigenvalue weighted by molar-refractivity contribution is 0.0474. The molecular formula is C27H21BrClNO3. The lowest BCUT2D eigenvalue weighted by Gasteiger charge is -2.37. The van der Waals surface area contributed by atoms with Gasteiger partial charge in [0.1, 0.15) is 0 Å². The Morgan fingerprint density at radius 3 is 2.48 bits per heavy atom. The van der Waals surface area contributed by atoms with Gasteiger partial charge in [-0.05, 0) is 65.9 Å². The van der Waals surface area contributed by atoms with Crippen molar-refractivity contribution >= 4 is 45.0 Å². The summed E-state index contributed by atoms with van der Waals surface area (Å²) in [5.74, 6) is -0.176. The molecule has 3 aromatic rings. The van der Waals surface area contributed by atoms with Gasteiger partial charge in [-0.1, -0.05) is 63.9 Å². The third-order valence-corrected chi connectivity index (χ3v) is 7.11. The van der Waals surface area contributed by atoms with E-state index in [9.17, 15) is 9.59 Å². The molecule has 0 saturated heterocycles. The number of esters is 1. The molecule has 3 atom stereocenters. The summed E-state index contributed by atoms with van der Waals surface area (Å²) in [6, 6.07) is 20.7. The van der Waals surface area contributed by atoms with E-state index in [0.29, 0.717) is 17.0 Å². The second kappa shape index (κ2) is 9.16. The number of ether oxygens (including phenoxy) is 1. The van der Waals surface area contributed by atoms with Crippen molar-refractivity contribution in [1.82, 2.24) is 0 Å². The highest BCUT2D eigenvalue weighted by Gasteiger charge is 2.38. The van der Waals surface area contributed by atoms with E-state index in [1.54, 1.807) is 30.3 Å². The van der Waals surface area contributed by atoms with Crippen molar-refractivity contribution in [2.24, 2.45) is 5.92 Å². The van der Waals surface area contributed by atoms with E-state index in [4.69, 9.17) is 16.3 Å². The summed E-state index contributed by atoms with van der Waals surface area (Å²) in [5, 5.41) is 4.37. The molecule has 6 heteroatoms. The zero-order chi connectivity index (χ0) is 22.9. The highest BCUT2D eigenvalue weighted by molar-refractivity contribution is 9.10. The molecule has 5 rings (SSSR count). The maximum Gasteiger partial charge on any atom is 0.338 e. The molecule has 1 heterocycles. The predicted octanol–water partition coefficient (Wildman–Crippen LogP) is 6.97. The molecule has 1 aliphatic heterocycles. The largest absolute Gasteiger partial charge is 0.454 e. The Morgan fingerprint density at radius 2 is 1.73 bits per heavy atom. The normalized spacial score (nSPS) is 20.5. The number of Topliss-reactive ketones (excluding diaryl/α,β-unsaturated/α-hetero) is 1. The summed E-state index contributed by atoms with van der Waals surface area (Å²) in [4.78, 5) is 25.0. The number of halogens is 2. The van der Waals surface area contributed by atoms with Gasteiger partial charge in [-0.2, -0.15) is 0 Å². The van der Waals surface area contributed by atoms with Crippen molar-refractivity contribution in [2.75, 3.05) is 11.9 Å². The van der Waals surface area contributed by atoms with Crippen LogP contribution in [0, 0.1) is 5.92 Å². The minimum absolute atomic E-state index is 0.163. The molecular weight excluding hydrogens is 502 g/mol. The number of hydrogen-bond acceptors (Lipinski definition) is 4. The average molecular weight is 523 g/mol. The molecule has 2 aliphatic rings. The summed E-state index contributed by atoms with van der Waals surface area (Å²) < 4.78 is 6.21. The Labute approximate surface area is 205 Å². The molecule has 0 spiro atoms. The van der Waals surface area contributed by atoms with Crippen LogP contribution in [0.3, 0.4) is 0 Å². The van der Waals surface area contributed by atoms with Gasteiger partial charge >= 0.3 is 5.97 Å². The highest BCUT2D eigenvalue weighted by Crippen LogP contribution is 2.50. The topological polar surface area (TPSA) is 55.4 Å². The van der Waals surface area contributed by atoms with Gasteiger partial charge in [0, 0.05) is 26.7 Å². The zero-order valence-corrected chi connectivity index (χ0v) is 20.0. The van der Waals surface area contributed by atoms with E-state index in [1.807, 2.05) is 24.3 Å². The lowest BCUT2D eigenvalue weighted by Crippen LogP contribution is -2.29. The first-order valence-electron chi connectivity index (χ1n) is 10.8. The third-order valence-electron chi connectivity index (χ3n) is 6.33. The van der Waals surface area contributed by atoms with Gasteiger partial charge in [-0.25, -0.2) is 4.79 Å². The van der Waals surface area contributed by atoms with E-state index in [1.165, 1.54) is 5.56 Å². The molecule has 0 aromatic heterocycles. The molecule has 0 fully saturated rings. The van der Waals surface area contributed by atoms with Crippen molar-refractivity contribution in [3.05, 3.63) is 111 Å². The van der Waals surface area contributed by atoms with Crippen LogP contribution < -0.4 is 5.32 Å². The van der Waals surface area contributed by atoms with Gasteiger partial charge in [-0.3, -0.25) is 4.79 Å². The monoisotopic (exact) mass is 521 g/mol. The Bertz CT molecular complexity index is 1240. The fourth-order valence-corrected chi connectivity index (χ4v) is 5.05. The Kier molecular flexibility index (Phi) is 6.09. The number of anilines is 1. The minimum atomic E-state index is -0.499. The van der Waals surface area contributed by atoms with Crippen LogP contribution in [0.2, 0.25) is 5.02 Å². The van der Waals surface area contributed by atoms with Crippen LogP contribution in [0.15, 0.2) is 83.4 Å². The number of carbonyl (C=O) groups excluding carboxylic acids is 2. The van der Waals surface area contributed by atoms with Crippen LogP contribution in [0.4, 0.5) is 5.69 Å². The van der Waals surface area contributed by atoms with Crippen LogP contribution in [0.1, 0.15) is 50.2 Å². The quantitative estimate of drug-likeness (QED) is 0.223. The highest BCUT2D eigenvalue weighted by atomic mass is 79.9. The fraction of sp³-hybridized carbons (Fsp3) is 0.185. The molecule has 33 heavy (non-hydrogen) atoms.